The molecule has 0 saturated carbocycles. The largest absolute Gasteiger partial charge is 0.508 e. The van der Waals surface area contributed by atoms with Gasteiger partial charge >= 0.3 is 0 Å². The molecule has 1 aromatic heterocycles. The van der Waals surface area contributed by atoms with E-state index in [1.165, 1.54) is 38.3 Å². The van der Waals surface area contributed by atoms with Crippen LogP contribution in [0.1, 0.15) is 6.92 Å². The molecule has 0 bridgehead atoms. The first kappa shape index (κ1) is 22.7. The lowest BCUT2D eigenvalue weighted by Crippen LogP contribution is -2.58. The van der Waals surface area contributed by atoms with Crippen LogP contribution in [0.4, 0.5) is 0 Å². The summed E-state index contributed by atoms with van der Waals surface area (Å²) in [6.45, 7) is 1.44. The average molecular weight is 462 g/mol. The molecular formula is C22H22O11. The maximum Gasteiger partial charge on any atom is 0.239 e. The van der Waals surface area contributed by atoms with E-state index in [1.54, 1.807) is 0 Å². The Morgan fingerprint density at radius 3 is 2.27 bits per heavy atom. The highest BCUT2D eigenvalue weighted by Crippen LogP contribution is 2.43. The van der Waals surface area contributed by atoms with E-state index in [2.05, 4.69) is 0 Å². The zero-order valence-electron chi connectivity index (χ0n) is 17.5. The van der Waals surface area contributed by atoms with Crippen LogP contribution in [-0.4, -0.2) is 68.5 Å². The zero-order valence-corrected chi connectivity index (χ0v) is 17.5. The van der Waals surface area contributed by atoms with Crippen molar-refractivity contribution < 1.29 is 49.3 Å². The molecular weight excluding hydrogens is 440 g/mol. The van der Waals surface area contributed by atoms with E-state index in [1.807, 2.05) is 0 Å². The molecule has 0 aliphatic carbocycles. The highest BCUT2D eigenvalue weighted by atomic mass is 16.7. The smallest absolute Gasteiger partial charge is 0.239 e. The molecule has 1 aliphatic heterocycles. The molecule has 6 N–H and O–H groups in total. The van der Waals surface area contributed by atoms with Gasteiger partial charge in [-0.15, -0.1) is 0 Å². The molecule has 1 aliphatic rings. The number of rotatable bonds is 4. The van der Waals surface area contributed by atoms with Gasteiger partial charge in [0.05, 0.1) is 13.2 Å². The minimum Gasteiger partial charge on any atom is -0.508 e. The lowest BCUT2D eigenvalue weighted by Gasteiger charge is -2.38. The summed E-state index contributed by atoms with van der Waals surface area (Å²) in [5.41, 5.74) is -1.07. The first-order valence-corrected chi connectivity index (χ1v) is 9.89. The highest BCUT2D eigenvalue weighted by molar-refractivity contribution is 5.93. The van der Waals surface area contributed by atoms with Crippen molar-refractivity contribution in [1.82, 2.24) is 0 Å². The number of aliphatic hydroxyl groups is 3. The maximum absolute atomic E-state index is 13.4. The van der Waals surface area contributed by atoms with Gasteiger partial charge in [0.25, 0.3) is 0 Å². The van der Waals surface area contributed by atoms with Crippen LogP contribution in [-0.2, 0) is 4.74 Å². The summed E-state index contributed by atoms with van der Waals surface area (Å²) in [5, 5.41) is 60.4. The van der Waals surface area contributed by atoms with E-state index in [0.717, 1.165) is 6.07 Å². The maximum atomic E-state index is 13.4. The van der Waals surface area contributed by atoms with Gasteiger partial charge in [0.1, 0.15) is 35.2 Å². The predicted molar refractivity (Wildman–Crippen MR) is 112 cm³/mol. The molecule has 0 amide bonds. The zero-order chi connectivity index (χ0) is 24.0. The molecule has 5 atom stereocenters. The Hall–Kier alpha value is -3.51. The van der Waals surface area contributed by atoms with E-state index in [4.69, 9.17) is 18.6 Å². The SMILES string of the molecule is COc1cc(O)c2c(=O)c(O[C@H]3O[C@H](C)[C@@H](O)[C@H](O)[C@@H]3O)c(-c3ccc(O)cc3)oc2c1O. The molecule has 3 aromatic rings. The van der Waals surface area contributed by atoms with E-state index < -0.39 is 58.8 Å². The Bertz CT molecular complexity index is 1230. The summed E-state index contributed by atoms with van der Waals surface area (Å²) >= 11 is 0. The third-order valence-corrected chi connectivity index (χ3v) is 5.43. The third kappa shape index (κ3) is 3.80. The molecule has 176 valence electrons. The molecule has 0 spiro atoms. The number of hydrogen-bond donors (Lipinski definition) is 6. The van der Waals surface area contributed by atoms with Gasteiger partial charge in [0.15, 0.2) is 17.1 Å². The van der Waals surface area contributed by atoms with E-state index in [-0.39, 0.29) is 28.4 Å². The van der Waals surface area contributed by atoms with Crippen molar-refractivity contribution in [2.24, 2.45) is 0 Å². The second kappa shape index (κ2) is 8.45. The van der Waals surface area contributed by atoms with Crippen LogP contribution in [0.5, 0.6) is 28.7 Å². The normalized spacial score (nSPS) is 25.2. The molecule has 4 rings (SSSR count). The highest BCUT2D eigenvalue weighted by Gasteiger charge is 2.44. The number of aromatic hydroxyl groups is 3. The molecule has 0 unspecified atom stereocenters. The van der Waals surface area contributed by atoms with Crippen LogP contribution < -0.4 is 14.9 Å². The van der Waals surface area contributed by atoms with Crippen LogP contribution in [0.15, 0.2) is 39.5 Å². The van der Waals surface area contributed by atoms with Crippen molar-refractivity contribution in [3.63, 3.8) is 0 Å². The molecule has 0 radical (unpaired) electrons. The molecule has 33 heavy (non-hydrogen) atoms. The Balaban J connectivity index is 1.95. The first-order chi connectivity index (χ1) is 15.6. The van der Waals surface area contributed by atoms with Crippen molar-refractivity contribution in [1.29, 1.82) is 0 Å². The van der Waals surface area contributed by atoms with E-state index in [9.17, 15) is 35.4 Å². The second-order valence-corrected chi connectivity index (χ2v) is 7.59. The average Bonchev–Trinajstić information content (AvgIpc) is 2.79. The number of phenols is 3. The van der Waals surface area contributed by atoms with Crippen molar-refractivity contribution in [3.05, 3.63) is 40.6 Å². The van der Waals surface area contributed by atoms with Gasteiger partial charge < -0.3 is 49.3 Å². The molecule has 11 heteroatoms. The van der Waals surface area contributed by atoms with Gasteiger partial charge in [0.2, 0.25) is 23.2 Å². The number of phenolic OH excluding ortho intramolecular Hbond substituents is 3. The number of benzene rings is 2. The van der Waals surface area contributed by atoms with Gasteiger partial charge in [-0.25, -0.2) is 0 Å². The number of fused-ring (bicyclic) bond motifs is 1. The fourth-order valence-electron chi connectivity index (χ4n) is 3.59. The van der Waals surface area contributed by atoms with E-state index in [0.29, 0.717) is 0 Å². The van der Waals surface area contributed by atoms with Crippen LogP contribution in [0.25, 0.3) is 22.3 Å². The first-order valence-electron chi connectivity index (χ1n) is 9.89. The van der Waals surface area contributed by atoms with Crippen molar-refractivity contribution >= 4 is 11.0 Å². The van der Waals surface area contributed by atoms with Crippen LogP contribution >= 0.6 is 0 Å². The molecule has 1 fully saturated rings. The lowest BCUT2D eigenvalue weighted by atomic mass is 10.00. The predicted octanol–water partition coefficient (Wildman–Crippen LogP) is 0.792. The second-order valence-electron chi connectivity index (χ2n) is 7.59. The van der Waals surface area contributed by atoms with Crippen LogP contribution in [0.2, 0.25) is 0 Å². The monoisotopic (exact) mass is 462 g/mol. The number of hydrogen-bond acceptors (Lipinski definition) is 11. The quantitative estimate of drug-likeness (QED) is 0.302. The summed E-state index contributed by atoms with van der Waals surface area (Å²) in [4.78, 5) is 13.4. The van der Waals surface area contributed by atoms with Gasteiger partial charge in [-0.3, -0.25) is 4.79 Å². The number of aliphatic hydroxyl groups excluding tert-OH is 3. The number of ether oxygens (including phenoxy) is 3. The fourth-order valence-corrected chi connectivity index (χ4v) is 3.59. The van der Waals surface area contributed by atoms with Crippen LogP contribution in [0.3, 0.4) is 0 Å². The van der Waals surface area contributed by atoms with Gasteiger partial charge in [-0.05, 0) is 31.2 Å². The Morgan fingerprint density at radius 1 is 0.970 bits per heavy atom. The van der Waals surface area contributed by atoms with E-state index >= 15 is 0 Å². The lowest BCUT2D eigenvalue weighted by molar-refractivity contribution is -0.268. The van der Waals surface area contributed by atoms with Crippen LogP contribution in [0, 0.1) is 0 Å². The standard InChI is InChI=1S/C22H22O11/c1-8-14(25)17(28)18(29)22(31-8)33-21-16(27)13-11(24)7-12(30-2)15(26)20(13)32-19(21)9-3-5-10(23)6-4-9/h3-8,14,17-18,22-26,28-29H,1-2H3/t8-,14-,17+,18+,22-/m1/s1. The minimum absolute atomic E-state index is 0.0662. The summed E-state index contributed by atoms with van der Waals surface area (Å²) < 4.78 is 21.8. The summed E-state index contributed by atoms with van der Waals surface area (Å²) in [5.74, 6) is -2.05. The van der Waals surface area contributed by atoms with Crippen molar-refractivity contribution in [2.75, 3.05) is 7.11 Å². The molecule has 2 heterocycles. The summed E-state index contributed by atoms with van der Waals surface area (Å²) in [6, 6.07) is 6.47. The minimum atomic E-state index is -1.73. The Kier molecular flexibility index (Phi) is 5.80. The molecule has 11 nitrogen and oxygen atoms in total. The summed E-state index contributed by atoms with van der Waals surface area (Å²) in [6.07, 6.45) is -7.26. The molecule has 2 aromatic carbocycles. The summed E-state index contributed by atoms with van der Waals surface area (Å²) in [7, 11) is 1.25. The fraction of sp³-hybridized carbons (Fsp3) is 0.318. The topological polar surface area (TPSA) is 179 Å². The Morgan fingerprint density at radius 2 is 1.64 bits per heavy atom. The van der Waals surface area contributed by atoms with Gasteiger partial charge in [-0.2, -0.15) is 0 Å². The third-order valence-electron chi connectivity index (χ3n) is 5.43. The van der Waals surface area contributed by atoms with Gasteiger partial charge in [0, 0.05) is 11.6 Å². The van der Waals surface area contributed by atoms with Gasteiger partial charge in [-0.1, -0.05) is 0 Å². The van der Waals surface area contributed by atoms with Crippen molar-refractivity contribution in [3.8, 4) is 40.1 Å². The Labute approximate surface area is 186 Å². The van der Waals surface area contributed by atoms with Crippen molar-refractivity contribution in [2.45, 2.75) is 37.6 Å². The number of methoxy groups -OCH3 is 1. The molecule has 1 saturated heterocycles.